The Morgan fingerprint density at radius 1 is 0.818 bits per heavy atom. The van der Waals surface area contributed by atoms with Crippen molar-refractivity contribution < 1.29 is 19.8 Å². The van der Waals surface area contributed by atoms with Gasteiger partial charge >= 0.3 is 0 Å². The van der Waals surface area contributed by atoms with Gasteiger partial charge in [-0.25, -0.2) is 0 Å². The van der Waals surface area contributed by atoms with Gasteiger partial charge in [0.15, 0.2) is 0 Å². The summed E-state index contributed by atoms with van der Waals surface area (Å²) in [6.07, 6.45) is 1.39. The van der Waals surface area contributed by atoms with Crippen LogP contribution in [0.3, 0.4) is 0 Å². The van der Waals surface area contributed by atoms with E-state index in [0.717, 1.165) is 25.7 Å². The van der Waals surface area contributed by atoms with E-state index in [9.17, 15) is 19.8 Å². The first-order chi connectivity index (χ1) is 10.2. The molecule has 1 saturated carbocycles. The Balaban J connectivity index is 2.64. The Kier molecular flexibility index (Phi) is 7.29. The fourth-order valence-electron chi connectivity index (χ4n) is 2.62. The number of hydrogen-bond acceptors (Lipinski definition) is 4. The topological polar surface area (TPSA) is 98.7 Å². The largest absolute Gasteiger partial charge is 0.383 e. The van der Waals surface area contributed by atoms with Crippen LogP contribution in [0, 0.1) is 11.8 Å². The van der Waals surface area contributed by atoms with Crippen LogP contribution in [0.15, 0.2) is 0 Å². The normalized spacial score (nSPS) is 24.9. The molecule has 1 fully saturated rings. The smallest absolute Gasteiger partial charge is 0.249 e. The molecule has 6 nitrogen and oxygen atoms in total. The highest BCUT2D eigenvalue weighted by atomic mass is 16.3. The highest BCUT2D eigenvalue weighted by molar-refractivity contribution is 5.82. The molecule has 0 aromatic carbocycles. The number of amides is 2. The van der Waals surface area contributed by atoms with Gasteiger partial charge in [-0.2, -0.15) is 0 Å². The summed E-state index contributed by atoms with van der Waals surface area (Å²) in [4.78, 5) is 24.0. The first-order valence-corrected chi connectivity index (χ1v) is 8.21. The summed E-state index contributed by atoms with van der Waals surface area (Å²) in [5.74, 6) is -1.10. The minimum atomic E-state index is -1.04. The standard InChI is InChI=1S/C16H30N2O4/c1-9(2)13(19)15(21)17-11-7-5-6-8-12(11)18-16(22)14(20)10(3)4/h9-14,19-20H,5-8H2,1-4H3,(H,17,21)(H,18,22)/t11-,12-,13+,14+/m1/s1. The number of hydrogen-bond donors (Lipinski definition) is 4. The maximum atomic E-state index is 12.0. The molecule has 2 amide bonds. The molecule has 0 radical (unpaired) electrons. The molecule has 0 spiro atoms. The zero-order valence-electron chi connectivity index (χ0n) is 14.0. The van der Waals surface area contributed by atoms with Crippen LogP contribution in [-0.4, -0.2) is 46.3 Å². The Labute approximate surface area is 132 Å². The van der Waals surface area contributed by atoms with Gasteiger partial charge < -0.3 is 20.8 Å². The van der Waals surface area contributed by atoms with Crippen molar-refractivity contribution in [1.82, 2.24) is 10.6 Å². The maximum absolute atomic E-state index is 12.0. The molecule has 0 aromatic rings. The second-order valence-corrected chi connectivity index (χ2v) is 6.89. The molecular weight excluding hydrogens is 284 g/mol. The molecule has 4 atom stereocenters. The van der Waals surface area contributed by atoms with Crippen molar-refractivity contribution >= 4 is 11.8 Å². The molecule has 128 valence electrons. The summed E-state index contributed by atoms with van der Waals surface area (Å²) >= 11 is 0. The van der Waals surface area contributed by atoms with E-state index in [1.807, 2.05) is 0 Å². The van der Waals surface area contributed by atoms with Gasteiger partial charge in [0, 0.05) is 12.1 Å². The number of carbonyl (C=O) groups is 2. The van der Waals surface area contributed by atoms with Crippen LogP contribution in [-0.2, 0) is 9.59 Å². The second kappa shape index (κ2) is 8.48. The van der Waals surface area contributed by atoms with Crippen LogP contribution in [0.25, 0.3) is 0 Å². The number of nitrogens with one attached hydrogen (secondary N) is 2. The van der Waals surface area contributed by atoms with E-state index in [1.54, 1.807) is 27.7 Å². The van der Waals surface area contributed by atoms with Crippen molar-refractivity contribution in [1.29, 1.82) is 0 Å². The van der Waals surface area contributed by atoms with Gasteiger partial charge in [-0.15, -0.1) is 0 Å². The lowest BCUT2D eigenvalue weighted by atomic mass is 9.89. The van der Waals surface area contributed by atoms with Crippen LogP contribution in [0.4, 0.5) is 0 Å². The third-order valence-electron chi connectivity index (χ3n) is 4.22. The first-order valence-electron chi connectivity index (χ1n) is 8.21. The lowest BCUT2D eigenvalue weighted by molar-refractivity contribution is -0.135. The minimum Gasteiger partial charge on any atom is -0.383 e. The number of aliphatic hydroxyl groups is 2. The summed E-state index contributed by atoms with van der Waals surface area (Å²) in [6, 6.07) is -0.393. The van der Waals surface area contributed by atoms with Crippen molar-refractivity contribution in [2.75, 3.05) is 0 Å². The van der Waals surface area contributed by atoms with Gasteiger partial charge in [0.25, 0.3) is 0 Å². The van der Waals surface area contributed by atoms with Gasteiger partial charge in [-0.1, -0.05) is 40.5 Å². The van der Waals surface area contributed by atoms with Crippen LogP contribution in [0.5, 0.6) is 0 Å². The molecule has 6 heteroatoms. The van der Waals surface area contributed by atoms with Gasteiger partial charge in [0.1, 0.15) is 12.2 Å². The summed E-state index contributed by atoms with van der Waals surface area (Å²) < 4.78 is 0. The summed E-state index contributed by atoms with van der Waals surface area (Å²) in [5.41, 5.74) is 0. The predicted molar refractivity (Wildman–Crippen MR) is 84.0 cm³/mol. The van der Waals surface area contributed by atoms with Gasteiger partial charge in [0.2, 0.25) is 11.8 Å². The predicted octanol–water partition coefficient (Wildman–Crippen LogP) is 0.564. The third-order valence-corrected chi connectivity index (χ3v) is 4.22. The van der Waals surface area contributed by atoms with E-state index in [4.69, 9.17) is 0 Å². The summed E-state index contributed by atoms with van der Waals surface area (Å²) in [6.45, 7) is 7.12. The molecule has 1 rings (SSSR count). The SMILES string of the molecule is CC(C)[C@H](O)C(=O)N[C@@H]1CCCC[C@H]1NC(=O)[C@@H](O)C(C)C. The highest BCUT2D eigenvalue weighted by Gasteiger charge is 2.31. The number of rotatable bonds is 6. The van der Waals surface area contributed by atoms with E-state index in [2.05, 4.69) is 10.6 Å². The molecule has 0 unspecified atom stereocenters. The molecule has 1 aliphatic rings. The van der Waals surface area contributed by atoms with Crippen molar-refractivity contribution in [3.63, 3.8) is 0 Å². The van der Waals surface area contributed by atoms with Crippen molar-refractivity contribution in [3.05, 3.63) is 0 Å². The number of carbonyl (C=O) groups excluding carboxylic acids is 2. The molecule has 0 heterocycles. The highest BCUT2D eigenvalue weighted by Crippen LogP contribution is 2.19. The molecule has 0 saturated heterocycles. The van der Waals surface area contributed by atoms with Gasteiger partial charge in [-0.3, -0.25) is 9.59 Å². The van der Waals surface area contributed by atoms with Crippen LogP contribution < -0.4 is 10.6 Å². The molecule has 22 heavy (non-hydrogen) atoms. The Bertz CT molecular complexity index is 348. The fourth-order valence-corrected chi connectivity index (χ4v) is 2.62. The minimum absolute atomic E-state index is 0.153. The third kappa shape index (κ3) is 5.25. The lowest BCUT2D eigenvalue weighted by Crippen LogP contribution is -2.57. The van der Waals surface area contributed by atoms with Crippen LogP contribution in [0.1, 0.15) is 53.4 Å². The van der Waals surface area contributed by atoms with Crippen molar-refractivity contribution in [2.24, 2.45) is 11.8 Å². The fraction of sp³-hybridized carbons (Fsp3) is 0.875. The zero-order valence-corrected chi connectivity index (χ0v) is 14.0. The summed E-state index contributed by atoms with van der Waals surface area (Å²) in [7, 11) is 0. The molecule has 0 aliphatic heterocycles. The average Bonchev–Trinajstić information content (AvgIpc) is 2.47. The van der Waals surface area contributed by atoms with Crippen LogP contribution in [0.2, 0.25) is 0 Å². The monoisotopic (exact) mass is 314 g/mol. The Morgan fingerprint density at radius 3 is 1.41 bits per heavy atom. The molecular formula is C16H30N2O4. The zero-order chi connectivity index (χ0) is 16.9. The van der Waals surface area contributed by atoms with Crippen LogP contribution >= 0.6 is 0 Å². The maximum Gasteiger partial charge on any atom is 0.249 e. The average molecular weight is 314 g/mol. The summed E-state index contributed by atoms with van der Waals surface area (Å²) in [5, 5.41) is 25.3. The molecule has 1 aliphatic carbocycles. The second-order valence-electron chi connectivity index (χ2n) is 6.89. The van der Waals surface area contributed by atoms with Crippen molar-refractivity contribution in [3.8, 4) is 0 Å². The van der Waals surface area contributed by atoms with E-state index < -0.39 is 24.0 Å². The molecule has 0 aromatic heterocycles. The molecule has 0 bridgehead atoms. The van der Waals surface area contributed by atoms with E-state index >= 15 is 0 Å². The number of aliphatic hydroxyl groups excluding tert-OH is 2. The molecule has 4 N–H and O–H groups in total. The first kappa shape index (κ1) is 18.9. The quantitative estimate of drug-likeness (QED) is 0.576. The van der Waals surface area contributed by atoms with Gasteiger partial charge in [0.05, 0.1) is 0 Å². The Hall–Kier alpha value is -1.14. The lowest BCUT2D eigenvalue weighted by Gasteiger charge is -2.34. The Morgan fingerprint density at radius 2 is 1.14 bits per heavy atom. The van der Waals surface area contributed by atoms with E-state index in [-0.39, 0.29) is 23.9 Å². The van der Waals surface area contributed by atoms with Crippen molar-refractivity contribution in [2.45, 2.75) is 77.7 Å². The van der Waals surface area contributed by atoms with Gasteiger partial charge in [-0.05, 0) is 24.7 Å². The van der Waals surface area contributed by atoms with E-state index in [1.165, 1.54) is 0 Å². The van der Waals surface area contributed by atoms with E-state index in [0.29, 0.717) is 0 Å².